The van der Waals surface area contributed by atoms with Crippen LogP contribution in [0.2, 0.25) is 0 Å². The Morgan fingerprint density at radius 1 is 1.05 bits per heavy atom. The third-order valence-corrected chi connectivity index (χ3v) is 3.89. The Bertz CT molecular complexity index is 776. The molecule has 0 aliphatic rings. The van der Waals surface area contributed by atoms with E-state index in [-0.39, 0.29) is 0 Å². The first kappa shape index (κ1) is 13.8. The maximum absolute atomic E-state index is 5.91. The number of nitrogens with zero attached hydrogens (tertiary/aromatic N) is 2. The fourth-order valence-corrected chi connectivity index (χ4v) is 2.43. The van der Waals surface area contributed by atoms with Crippen molar-refractivity contribution in [3.8, 4) is 5.88 Å². The zero-order chi connectivity index (χ0) is 14.7. The summed E-state index contributed by atoms with van der Waals surface area (Å²) >= 11 is 3.52. The van der Waals surface area contributed by atoms with Crippen molar-refractivity contribution >= 4 is 32.8 Å². The highest BCUT2D eigenvalue weighted by atomic mass is 79.9. The van der Waals surface area contributed by atoms with Crippen LogP contribution in [0.15, 0.2) is 53.0 Å². The number of aromatic nitrogens is 2. The lowest BCUT2D eigenvalue weighted by atomic mass is 10.2. The van der Waals surface area contributed by atoms with E-state index in [4.69, 9.17) is 4.74 Å². The Morgan fingerprint density at radius 3 is 2.62 bits per heavy atom. The summed E-state index contributed by atoms with van der Waals surface area (Å²) < 4.78 is 6.93. The van der Waals surface area contributed by atoms with Crippen molar-refractivity contribution in [2.45, 2.75) is 6.61 Å². The van der Waals surface area contributed by atoms with Crippen molar-refractivity contribution in [1.82, 2.24) is 9.97 Å². The first-order valence-corrected chi connectivity index (χ1v) is 7.38. The second-order valence-electron chi connectivity index (χ2n) is 4.50. The van der Waals surface area contributed by atoms with Crippen LogP contribution in [0.4, 0.5) is 5.95 Å². The van der Waals surface area contributed by atoms with Gasteiger partial charge in [-0.2, -0.15) is 4.98 Å². The van der Waals surface area contributed by atoms with Gasteiger partial charge in [0.25, 0.3) is 0 Å². The number of fused-ring (bicyclic) bond motifs is 1. The highest BCUT2D eigenvalue weighted by Crippen LogP contribution is 2.25. The molecular formula is C16H14BrN3O. The molecule has 0 unspecified atom stereocenters. The second kappa shape index (κ2) is 6.10. The number of nitrogens with one attached hydrogen (secondary N) is 1. The average molecular weight is 344 g/mol. The normalized spacial score (nSPS) is 10.6. The van der Waals surface area contributed by atoms with Crippen molar-refractivity contribution in [3.63, 3.8) is 0 Å². The predicted molar refractivity (Wildman–Crippen MR) is 87.6 cm³/mol. The molecule has 1 aromatic heterocycles. The molecule has 0 bridgehead atoms. The Balaban J connectivity index is 1.94. The van der Waals surface area contributed by atoms with E-state index >= 15 is 0 Å². The highest BCUT2D eigenvalue weighted by Gasteiger charge is 2.08. The van der Waals surface area contributed by atoms with Gasteiger partial charge in [0.05, 0.1) is 10.9 Å². The molecule has 0 fully saturated rings. The Morgan fingerprint density at radius 2 is 1.81 bits per heavy atom. The van der Waals surface area contributed by atoms with Crippen LogP contribution >= 0.6 is 15.9 Å². The van der Waals surface area contributed by atoms with Crippen LogP contribution in [0, 0.1) is 0 Å². The number of anilines is 1. The van der Waals surface area contributed by atoms with Crippen molar-refractivity contribution in [2.24, 2.45) is 0 Å². The minimum absolute atomic E-state index is 0.450. The third kappa shape index (κ3) is 2.97. The largest absolute Gasteiger partial charge is 0.472 e. The van der Waals surface area contributed by atoms with Crippen molar-refractivity contribution in [2.75, 3.05) is 12.4 Å². The molecular weight excluding hydrogens is 330 g/mol. The van der Waals surface area contributed by atoms with Gasteiger partial charge in [-0.3, -0.25) is 0 Å². The van der Waals surface area contributed by atoms with E-state index in [1.807, 2.05) is 48.5 Å². The fourth-order valence-electron chi connectivity index (χ4n) is 2.03. The zero-order valence-corrected chi connectivity index (χ0v) is 13.1. The molecule has 3 rings (SSSR count). The number of para-hydroxylation sites is 1. The van der Waals surface area contributed by atoms with Crippen LogP contribution in [-0.2, 0) is 6.61 Å². The first-order valence-electron chi connectivity index (χ1n) is 6.58. The predicted octanol–water partition coefficient (Wildman–Crippen LogP) is 4.01. The number of hydrogen-bond acceptors (Lipinski definition) is 4. The van der Waals surface area contributed by atoms with E-state index in [0.29, 0.717) is 18.4 Å². The number of benzene rings is 2. The van der Waals surface area contributed by atoms with E-state index in [1.165, 1.54) is 0 Å². The topological polar surface area (TPSA) is 47.0 Å². The first-order chi connectivity index (χ1) is 10.3. The van der Waals surface area contributed by atoms with Gasteiger partial charge in [0, 0.05) is 17.1 Å². The second-order valence-corrected chi connectivity index (χ2v) is 5.35. The molecule has 1 N–H and O–H groups in total. The summed E-state index contributed by atoms with van der Waals surface area (Å²) in [6.07, 6.45) is 0. The van der Waals surface area contributed by atoms with Gasteiger partial charge in [-0.1, -0.05) is 46.3 Å². The SMILES string of the molecule is CNc1nc(OCc2ccccc2Br)c2ccccc2n1. The lowest BCUT2D eigenvalue weighted by Crippen LogP contribution is -2.03. The molecule has 0 saturated heterocycles. The van der Waals surface area contributed by atoms with Gasteiger partial charge < -0.3 is 10.1 Å². The summed E-state index contributed by atoms with van der Waals surface area (Å²) in [6.45, 7) is 0.450. The van der Waals surface area contributed by atoms with Crippen molar-refractivity contribution in [3.05, 3.63) is 58.6 Å². The molecule has 21 heavy (non-hydrogen) atoms. The zero-order valence-electron chi connectivity index (χ0n) is 11.5. The Kier molecular flexibility index (Phi) is 4.01. The van der Waals surface area contributed by atoms with Crippen molar-refractivity contribution in [1.29, 1.82) is 0 Å². The monoisotopic (exact) mass is 343 g/mol. The van der Waals surface area contributed by atoms with E-state index < -0.39 is 0 Å². The smallest absolute Gasteiger partial charge is 0.226 e. The number of halogens is 1. The van der Waals surface area contributed by atoms with E-state index in [2.05, 4.69) is 31.2 Å². The molecule has 0 aliphatic heterocycles. The van der Waals surface area contributed by atoms with E-state index in [0.717, 1.165) is 20.9 Å². The van der Waals surface area contributed by atoms with Crippen molar-refractivity contribution < 1.29 is 4.74 Å². The molecule has 0 saturated carbocycles. The van der Waals surface area contributed by atoms with Crippen LogP contribution in [-0.4, -0.2) is 17.0 Å². The summed E-state index contributed by atoms with van der Waals surface area (Å²) in [5, 5.41) is 3.86. The molecule has 5 heteroatoms. The molecule has 0 radical (unpaired) electrons. The van der Waals surface area contributed by atoms with E-state index in [9.17, 15) is 0 Å². The Labute approximate surface area is 131 Å². The molecule has 0 amide bonds. The summed E-state index contributed by atoms with van der Waals surface area (Å²) in [4.78, 5) is 8.82. The van der Waals surface area contributed by atoms with Gasteiger partial charge in [0.2, 0.25) is 11.8 Å². The van der Waals surface area contributed by atoms with Crippen LogP contribution < -0.4 is 10.1 Å². The molecule has 0 atom stereocenters. The van der Waals surface area contributed by atoms with Crippen LogP contribution in [0.1, 0.15) is 5.56 Å². The molecule has 0 aliphatic carbocycles. The lowest BCUT2D eigenvalue weighted by molar-refractivity contribution is 0.297. The maximum Gasteiger partial charge on any atom is 0.226 e. The molecule has 2 aromatic carbocycles. The fraction of sp³-hybridized carbons (Fsp3) is 0.125. The molecule has 4 nitrogen and oxygen atoms in total. The van der Waals surface area contributed by atoms with Gasteiger partial charge >= 0.3 is 0 Å². The van der Waals surface area contributed by atoms with Crippen LogP contribution in [0.25, 0.3) is 10.9 Å². The number of rotatable bonds is 4. The molecule has 106 valence electrons. The lowest BCUT2D eigenvalue weighted by Gasteiger charge is -2.10. The van der Waals surface area contributed by atoms with E-state index in [1.54, 1.807) is 7.05 Å². The summed E-state index contributed by atoms with van der Waals surface area (Å²) in [7, 11) is 1.79. The highest BCUT2D eigenvalue weighted by molar-refractivity contribution is 9.10. The summed E-state index contributed by atoms with van der Waals surface area (Å²) in [5.41, 5.74) is 1.94. The molecule has 1 heterocycles. The summed E-state index contributed by atoms with van der Waals surface area (Å²) in [6, 6.07) is 15.8. The van der Waals surface area contributed by atoms with Gasteiger partial charge in [0.1, 0.15) is 6.61 Å². The molecule has 3 aromatic rings. The average Bonchev–Trinajstić information content (AvgIpc) is 2.53. The van der Waals surface area contributed by atoms with Crippen LogP contribution in [0.5, 0.6) is 5.88 Å². The van der Waals surface area contributed by atoms with Gasteiger partial charge in [-0.25, -0.2) is 4.98 Å². The maximum atomic E-state index is 5.91. The standard InChI is InChI=1S/C16H14BrN3O/c1-18-16-19-14-9-5-3-7-12(14)15(20-16)21-10-11-6-2-4-8-13(11)17/h2-9H,10H2,1H3,(H,18,19,20). The number of ether oxygens (including phenoxy) is 1. The number of hydrogen-bond donors (Lipinski definition) is 1. The molecule has 0 spiro atoms. The minimum Gasteiger partial charge on any atom is -0.472 e. The summed E-state index contributed by atoms with van der Waals surface area (Å²) in [5.74, 6) is 1.14. The third-order valence-electron chi connectivity index (χ3n) is 3.11. The van der Waals surface area contributed by atoms with Gasteiger partial charge in [-0.05, 0) is 18.2 Å². The Hall–Kier alpha value is -2.14. The van der Waals surface area contributed by atoms with Gasteiger partial charge in [-0.15, -0.1) is 0 Å². The van der Waals surface area contributed by atoms with Crippen LogP contribution in [0.3, 0.4) is 0 Å². The minimum atomic E-state index is 0.450. The quantitative estimate of drug-likeness (QED) is 0.777. The van der Waals surface area contributed by atoms with Gasteiger partial charge in [0.15, 0.2) is 0 Å².